The summed E-state index contributed by atoms with van der Waals surface area (Å²) in [6, 6.07) is 10.4. The van der Waals surface area contributed by atoms with E-state index in [4.69, 9.17) is 5.73 Å². The van der Waals surface area contributed by atoms with Crippen LogP contribution in [0.25, 0.3) is 0 Å². The third-order valence-electron chi connectivity index (χ3n) is 2.88. The molecule has 2 rings (SSSR count). The lowest BCUT2D eigenvalue weighted by Crippen LogP contribution is -2.07. The Morgan fingerprint density at radius 3 is 2.47 bits per heavy atom. The van der Waals surface area contributed by atoms with Gasteiger partial charge in [0, 0.05) is 5.92 Å². The lowest BCUT2D eigenvalue weighted by Gasteiger charge is -2.07. The minimum absolute atomic E-state index is 0.0178. The minimum Gasteiger partial charge on any atom is -0.322 e. The van der Waals surface area contributed by atoms with Crippen molar-refractivity contribution in [2.45, 2.75) is 32.2 Å². The van der Waals surface area contributed by atoms with Crippen LogP contribution < -0.4 is 5.73 Å². The highest BCUT2D eigenvalue weighted by Crippen LogP contribution is 2.28. The van der Waals surface area contributed by atoms with Gasteiger partial charge in [-0.05, 0) is 12.0 Å². The van der Waals surface area contributed by atoms with Crippen LogP contribution in [-0.2, 0) is 0 Å². The van der Waals surface area contributed by atoms with E-state index in [2.05, 4.69) is 36.2 Å². The average Bonchev–Trinajstić information content (AvgIpc) is 2.87. The van der Waals surface area contributed by atoms with Gasteiger partial charge in [-0.25, -0.2) is 0 Å². The minimum atomic E-state index is 0.0178. The van der Waals surface area contributed by atoms with E-state index in [1.54, 1.807) is 11.3 Å². The zero-order valence-corrected chi connectivity index (χ0v) is 10.9. The summed E-state index contributed by atoms with van der Waals surface area (Å²) in [5.74, 6) is 0.284. The number of rotatable bonds is 4. The quantitative estimate of drug-likeness (QED) is 0.903. The van der Waals surface area contributed by atoms with Gasteiger partial charge in [-0.15, -0.1) is 10.2 Å². The van der Waals surface area contributed by atoms with E-state index < -0.39 is 0 Å². The molecule has 0 saturated carbocycles. The van der Waals surface area contributed by atoms with Crippen molar-refractivity contribution in [2.24, 2.45) is 5.73 Å². The first-order valence-electron chi connectivity index (χ1n) is 5.86. The number of benzene rings is 1. The van der Waals surface area contributed by atoms with Gasteiger partial charge in [0.25, 0.3) is 0 Å². The third-order valence-corrected chi connectivity index (χ3v) is 4.12. The molecule has 1 aromatic heterocycles. The summed E-state index contributed by atoms with van der Waals surface area (Å²) in [6.45, 7) is 4.21. The Balaban J connectivity index is 2.20. The van der Waals surface area contributed by atoms with Crippen molar-refractivity contribution in [3.05, 3.63) is 45.9 Å². The molecule has 1 aromatic carbocycles. The van der Waals surface area contributed by atoms with Gasteiger partial charge < -0.3 is 5.73 Å². The summed E-state index contributed by atoms with van der Waals surface area (Å²) in [5, 5.41) is 10.4. The fourth-order valence-electron chi connectivity index (χ4n) is 1.63. The van der Waals surface area contributed by atoms with Crippen molar-refractivity contribution >= 4 is 11.3 Å². The van der Waals surface area contributed by atoms with Gasteiger partial charge >= 0.3 is 0 Å². The van der Waals surface area contributed by atoms with Crippen LogP contribution in [0.4, 0.5) is 0 Å². The molecule has 2 atom stereocenters. The Morgan fingerprint density at radius 1 is 1.18 bits per heavy atom. The van der Waals surface area contributed by atoms with Crippen LogP contribution >= 0.6 is 11.3 Å². The number of hydrogen-bond donors (Lipinski definition) is 1. The molecule has 2 unspecified atom stereocenters. The normalized spacial score (nSPS) is 14.5. The summed E-state index contributed by atoms with van der Waals surface area (Å²) in [7, 11) is 0. The van der Waals surface area contributed by atoms with Crippen molar-refractivity contribution in [2.75, 3.05) is 0 Å². The van der Waals surface area contributed by atoms with E-state index >= 15 is 0 Å². The largest absolute Gasteiger partial charge is 0.322 e. The molecule has 0 radical (unpaired) electrons. The van der Waals surface area contributed by atoms with Crippen LogP contribution in [0.1, 0.15) is 47.8 Å². The molecule has 0 spiro atoms. The predicted octanol–water partition coefficient (Wildman–Crippen LogP) is 3.10. The molecule has 0 amide bonds. The molecule has 4 heteroatoms. The van der Waals surface area contributed by atoms with Gasteiger partial charge in [0.2, 0.25) is 0 Å². The molecule has 2 N–H and O–H groups in total. The average molecular weight is 247 g/mol. The zero-order valence-electron chi connectivity index (χ0n) is 10.1. The van der Waals surface area contributed by atoms with E-state index in [-0.39, 0.29) is 12.0 Å². The standard InChI is InChI=1S/C13H17N3S/c1-3-11(14)13-16-15-12(17-13)9(2)10-7-5-4-6-8-10/h4-9,11H,3,14H2,1-2H3. The predicted molar refractivity (Wildman–Crippen MR) is 71.1 cm³/mol. The van der Waals surface area contributed by atoms with E-state index in [1.807, 2.05) is 18.2 Å². The topological polar surface area (TPSA) is 51.8 Å². The SMILES string of the molecule is CCC(N)c1nnc(C(C)c2ccccc2)s1. The van der Waals surface area contributed by atoms with Crippen LogP contribution in [0.2, 0.25) is 0 Å². The van der Waals surface area contributed by atoms with Gasteiger partial charge in [0.1, 0.15) is 10.0 Å². The van der Waals surface area contributed by atoms with Gasteiger partial charge in [0.05, 0.1) is 6.04 Å². The summed E-state index contributed by atoms with van der Waals surface area (Å²) in [4.78, 5) is 0. The highest BCUT2D eigenvalue weighted by molar-refractivity contribution is 7.11. The first kappa shape index (κ1) is 12.2. The fourth-order valence-corrected chi connectivity index (χ4v) is 2.64. The zero-order chi connectivity index (χ0) is 12.3. The van der Waals surface area contributed by atoms with Crippen molar-refractivity contribution in [3.63, 3.8) is 0 Å². The number of aromatic nitrogens is 2. The van der Waals surface area contributed by atoms with Crippen molar-refractivity contribution in [1.29, 1.82) is 0 Å². The van der Waals surface area contributed by atoms with Crippen LogP contribution in [0, 0.1) is 0 Å². The van der Waals surface area contributed by atoms with Crippen LogP contribution in [-0.4, -0.2) is 10.2 Å². The molecule has 0 aliphatic rings. The summed E-state index contributed by atoms with van der Waals surface area (Å²) >= 11 is 1.62. The van der Waals surface area contributed by atoms with Crippen molar-refractivity contribution in [1.82, 2.24) is 10.2 Å². The van der Waals surface area contributed by atoms with E-state index in [1.165, 1.54) is 5.56 Å². The second-order valence-corrected chi connectivity index (χ2v) is 5.17. The Bertz CT molecular complexity index is 467. The molecule has 0 saturated heterocycles. The molecule has 0 aliphatic heterocycles. The van der Waals surface area contributed by atoms with Crippen LogP contribution in [0.3, 0.4) is 0 Å². The molecule has 90 valence electrons. The maximum absolute atomic E-state index is 5.95. The van der Waals surface area contributed by atoms with Gasteiger partial charge in [-0.2, -0.15) is 0 Å². The second kappa shape index (κ2) is 5.38. The first-order chi connectivity index (χ1) is 8.22. The summed E-state index contributed by atoms with van der Waals surface area (Å²) in [6.07, 6.45) is 0.897. The molecule has 1 heterocycles. The smallest absolute Gasteiger partial charge is 0.134 e. The van der Waals surface area contributed by atoms with Gasteiger partial charge in [0.15, 0.2) is 0 Å². The Morgan fingerprint density at radius 2 is 1.82 bits per heavy atom. The van der Waals surface area contributed by atoms with E-state index in [0.717, 1.165) is 16.4 Å². The number of nitrogens with zero attached hydrogens (tertiary/aromatic N) is 2. The van der Waals surface area contributed by atoms with E-state index in [0.29, 0.717) is 0 Å². The van der Waals surface area contributed by atoms with Gasteiger partial charge in [-0.3, -0.25) is 0 Å². The summed E-state index contributed by atoms with van der Waals surface area (Å²) in [5.41, 5.74) is 7.22. The van der Waals surface area contributed by atoms with Crippen LogP contribution in [0.5, 0.6) is 0 Å². The van der Waals surface area contributed by atoms with Gasteiger partial charge in [-0.1, -0.05) is 55.5 Å². The van der Waals surface area contributed by atoms with Crippen molar-refractivity contribution < 1.29 is 0 Å². The van der Waals surface area contributed by atoms with Crippen molar-refractivity contribution in [3.8, 4) is 0 Å². The Labute approximate surface area is 106 Å². The monoisotopic (exact) mass is 247 g/mol. The number of hydrogen-bond acceptors (Lipinski definition) is 4. The molecule has 0 fully saturated rings. The highest BCUT2D eigenvalue weighted by Gasteiger charge is 2.16. The van der Waals surface area contributed by atoms with E-state index in [9.17, 15) is 0 Å². The highest BCUT2D eigenvalue weighted by atomic mass is 32.1. The molecular weight excluding hydrogens is 230 g/mol. The van der Waals surface area contributed by atoms with Crippen LogP contribution in [0.15, 0.2) is 30.3 Å². The molecule has 3 nitrogen and oxygen atoms in total. The second-order valence-electron chi connectivity index (χ2n) is 4.13. The lowest BCUT2D eigenvalue weighted by molar-refractivity contribution is 0.680. The molecular formula is C13H17N3S. The fraction of sp³-hybridized carbons (Fsp3) is 0.385. The molecule has 0 bridgehead atoms. The lowest BCUT2D eigenvalue weighted by atomic mass is 10.0. The maximum Gasteiger partial charge on any atom is 0.134 e. The summed E-state index contributed by atoms with van der Waals surface area (Å²) < 4.78 is 0. The Kier molecular flexibility index (Phi) is 3.86. The molecule has 2 aromatic rings. The molecule has 0 aliphatic carbocycles. The maximum atomic E-state index is 5.95. The third kappa shape index (κ3) is 2.70. The molecule has 17 heavy (non-hydrogen) atoms. The number of nitrogens with two attached hydrogens (primary N) is 1. The Hall–Kier alpha value is -1.26. The first-order valence-corrected chi connectivity index (χ1v) is 6.67.